The lowest BCUT2D eigenvalue weighted by Gasteiger charge is -2.15. The van der Waals surface area contributed by atoms with Crippen LogP contribution in [0.4, 0.5) is 4.39 Å². The molecule has 1 aromatic heterocycles. The molecular weight excluding hydrogens is 283 g/mol. The van der Waals surface area contributed by atoms with Crippen LogP contribution in [0.1, 0.15) is 24.2 Å². The molecule has 0 amide bonds. The van der Waals surface area contributed by atoms with Gasteiger partial charge in [-0.1, -0.05) is 12.1 Å². The van der Waals surface area contributed by atoms with Gasteiger partial charge in [0, 0.05) is 17.5 Å². The highest BCUT2D eigenvalue weighted by molar-refractivity contribution is 5.81. The number of fused-ring (bicyclic) bond motifs is 1. The molecule has 0 radical (unpaired) electrons. The van der Waals surface area contributed by atoms with Crippen molar-refractivity contribution in [2.75, 3.05) is 0 Å². The smallest absolute Gasteiger partial charge is 0.336 e. The number of rotatable bonds is 3. The first-order chi connectivity index (χ1) is 10.5. The lowest BCUT2D eigenvalue weighted by Crippen LogP contribution is -2.03. The molecule has 0 fully saturated rings. The third kappa shape index (κ3) is 2.86. The molecule has 3 rings (SSSR count). The molecular formula is C18H15FO3. The summed E-state index contributed by atoms with van der Waals surface area (Å²) in [6.45, 7) is 3.74. The van der Waals surface area contributed by atoms with E-state index >= 15 is 0 Å². The Balaban J connectivity index is 1.90. The van der Waals surface area contributed by atoms with Crippen LogP contribution in [0.5, 0.6) is 5.75 Å². The van der Waals surface area contributed by atoms with E-state index in [1.54, 1.807) is 18.2 Å². The highest BCUT2D eigenvalue weighted by atomic mass is 19.1. The molecule has 3 nitrogen and oxygen atoms in total. The topological polar surface area (TPSA) is 39.4 Å². The summed E-state index contributed by atoms with van der Waals surface area (Å²) < 4.78 is 24.0. The Morgan fingerprint density at radius 2 is 1.82 bits per heavy atom. The van der Waals surface area contributed by atoms with Crippen LogP contribution in [0.25, 0.3) is 11.0 Å². The fourth-order valence-corrected chi connectivity index (χ4v) is 2.38. The van der Waals surface area contributed by atoms with Crippen LogP contribution in [0, 0.1) is 12.7 Å². The summed E-state index contributed by atoms with van der Waals surface area (Å²) in [5, 5.41) is 0.876. The van der Waals surface area contributed by atoms with E-state index in [-0.39, 0.29) is 17.5 Å². The van der Waals surface area contributed by atoms with E-state index in [1.807, 2.05) is 26.0 Å². The Kier molecular flexibility index (Phi) is 3.67. The lowest BCUT2D eigenvalue weighted by molar-refractivity contribution is 0.227. The van der Waals surface area contributed by atoms with Gasteiger partial charge in [0.05, 0.1) is 0 Å². The molecule has 0 bridgehead atoms. The van der Waals surface area contributed by atoms with Crippen molar-refractivity contribution in [3.8, 4) is 5.75 Å². The molecule has 0 N–H and O–H groups in total. The molecule has 1 atom stereocenters. The van der Waals surface area contributed by atoms with Gasteiger partial charge in [-0.25, -0.2) is 9.18 Å². The summed E-state index contributed by atoms with van der Waals surface area (Å²) in [4.78, 5) is 11.4. The maximum atomic E-state index is 12.9. The van der Waals surface area contributed by atoms with Crippen molar-refractivity contribution in [2.45, 2.75) is 20.0 Å². The molecule has 0 spiro atoms. The Bertz CT molecular complexity index is 866. The second-order valence-corrected chi connectivity index (χ2v) is 5.22. The summed E-state index contributed by atoms with van der Waals surface area (Å²) >= 11 is 0. The minimum absolute atomic E-state index is 0.241. The van der Waals surface area contributed by atoms with Gasteiger partial charge in [0.2, 0.25) is 0 Å². The Hall–Kier alpha value is -2.62. The molecule has 0 aliphatic rings. The van der Waals surface area contributed by atoms with Crippen LogP contribution in [0.15, 0.2) is 57.7 Å². The fourth-order valence-electron chi connectivity index (χ4n) is 2.38. The third-order valence-corrected chi connectivity index (χ3v) is 3.58. The van der Waals surface area contributed by atoms with E-state index in [1.165, 1.54) is 18.2 Å². The van der Waals surface area contributed by atoms with Crippen molar-refractivity contribution < 1.29 is 13.5 Å². The molecule has 1 unspecified atom stereocenters. The fraction of sp³-hybridized carbons (Fsp3) is 0.167. The predicted octanol–water partition coefficient (Wildman–Crippen LogP) is 4.38. The van der Waals surface area contributed by atoms with Gasteiger partial charge in [-0.2, -0.15) is 0 Å². The van der Waals surface area contributed by atoms with Gasteiger partial charge >= 0.3 is 5.63 Å². The van der Waals surface area contributed by atoms with Crippen LogP contribution in [0.3, 0.4) is 0 Å². The van der Waals surface area contributed by atoms with E-state index in [2.05, 4.69) is 0 Å². The van der Waals surface area contributed by atoms with E-state index in [9.17, 15) is 9.18 Å². The number of benzene rings is 2. The highest BCUT2D eigenvalue weighted by Crippen LogP contribution is 2.26. The van der Waals surface area contributed by atoms with Crippen LogP contribution in [0.2, 0.25) is 0 Å². The maximum Gasteiger partial charge on any atom is 0.336 e. The van der Waals surface area contributed by atoms with Gasteiger partial charge in [0.1, 0.15) is 23.3 Å². The number of halogens is 1. The zero-order valence-corrected chi connectivity index (χ0v) is 12.3. The second-order valence-electron chi connectivity index (χ2n) is 5.22. The third-order valence-electron chi connectivity index (χ3n) is 3.58. The van der Waals surface area contributed by atoms with E-state index in [4.69, 9.17) is 9.15 Å². The second kappa shape index (κ2) is 5.64. The molecule has 0 aliphatic carbocycles. The van der Waals surface area contributed by atoms with Crippen molar-refractivity contribution in [3.05, 3.63) is 75.9 Å². The maximum absolute atomic E-state index is 12.9. The molecule has 4 heteroatoms. The van der Waals surface area contributed by atoms with Crippen LogP contribution in [-0.4, -0.2) is 0 Å². The summed E-state index contributed by atoms with van der Waals surface area (Å²) in [7, 11) is 0. The first-order valence-corrected chi connectivity index (χ1v) is 6.99. The SMILES string of the molecule is Cc1cc(=O)oc2cc(OC(C)c3ccc(F)cc3)ccc12. The zero-order valence-electron chi connectivity index (χ0n) is 12.3. The molecule has 112 valence electrons. The minimum Gasteiger partial charge on any atom is -0.486 e. The van der Waals surface area contributed by atoms with Crippen LogP contribution >= 0.6 is 0 Å². The molecule has 22 heavy (non-hydrogen) atoms. The summed E-state index contributed by atoms with van der Waals surface area (Å²) in [6, 6.07) is 13.0. The average Bonchev–Trinajstić information content (AvgIpc) is 2.47. The molecule has 0 aliphatic heterocycles. The lowest BCUT2D eigenvalue weighted by atomic mass is 10.1. The van der Waals surface area contributed by atoms with Crippen molar-refractivity contribution in [3.63, 3.8) is 0 Å². The van der Waals surface area contributed by atoms with Crippen molar-refractivity contribution in [1.29, 1.82) is 0 Å². The van der Waals surface area contributed by atoms with Gasteiger partial charge in [0.15, 0.2) is 0 Å². The van der Waals surface area contributed by atoms with Gasteiger partial charge < -0.3 is 9.15 Å². The van der Waals surface area contributed by atoms with Crippen molar-refractivity contribution >= 4 is 11.0 Å². The number of aryl methyl sites for hydroxylation is 1. The quantitative estimate of drug-likeness (QED) is 0.674. The Morgan fingerprint density at radius 3 is 2.55 bits per heavy atom. The van der Waals surface area contributed by atoms with Gasteiger partial charge in [-0.05, 0) is 49.2 Å². The minimum atomic E-state index is -0.381. The van der Waals surface area contributed by atoms with E-state index in [0.717, 1.165) is 16.5 Å². The largest absolute Gasteiger partial charge is 0.486 e. The number of hydrogen-bond acceptors (Lipinski definition) is 3. The summed E-state index contributed by atoms with van der Waals surface area (Å²) in [5.41, 5.74) is 1.85. The predicted molar refractivity (Wildman–Crippen MR) is 82.7 cm³/mol. The van der Waals surface area contributed by atoms with Crippen LogP contribution < -0.4 is 10.4 Å². The average molecular weight is 298 g/mol. The van der Waals surface area contributed by atoms with Crippen LogP contribution in [-0.2, 0) is 0 Å². The summed E-state index contributed by atoms with van der Waals surface area (Å²) in [5.74, 6) is 0.317. The molecule has 0 saturated heterocycles. The Morgan fingerprint density at radius 1 is 1.09 bits per heavy atom. The summed E-state index contributed by atoms with van der Waals surface area (Å²) in [6.07, 6.45) is -0.241. The monoisotopic (exact) mass is 298 g/mol. The van der Waals surface area contributed by atoms with E-state index < -0.39 is 0 Å². The molecule has 3 aromatic rings. The molecule has 2 aromatic carbocycles. The molecule has 0 saturated carbocycles. The normalized spacial score (nSPS) is 12.3. The number of ether oxygens (including phenoxy) is 1. The van der Waals surface area contributed by atoms with Gasteiger partial charge in [-0.3, -0.25) is 0 Å². The molecule has 1 heterocycles. The van der Waals surface area contributed by atoms with Gasteiger partial charge in [0.25, 0.3) is 0 Å². The number of hydrogen-bond donors (Lipinski definition) is 0. The standard InChI is InChI=1S/C18H15FO3/c1-11-9-18(20)22-17-10-15(7-8-16(11)17)21-12(2)13-3-5-14(19)6-4-13/h3-10,12H,1-2H3. The first kappa shape index (κ1) is 14.3. The first-order valence-electron chi connectivity index (χ1n) is 6.99. The van der Waals surface area contributed by atoms with Crippen molar-refractivity contribution in [1.82, 2.24) is 0 Å². The van der Waals surface area contributed by atoms with Gasteiger partial charge in [-0.15, -0.1) is 0 Å². The van der Waals surface area contributed by atoms with E-state index in [0.29, 0.717) is 11.3 Å². The zero-order chi connectivity index (χ0) is 15.7. The van der Waals surface area contributed by atoms with Crippen molar-refractivity contribution in [2.24, 2.45) is 0 Å². The highest BCUT2D eigenvalue weighted by Gasteiger charge is 2.09. The Labute approximate surface area is 127 Å².